The second-order valence-corrected chi connectivity index (χ2v) is 11.5. The van der Waals surface area contributed by atoms with Crippen LogP contribution in [0.3, 0.4) is 0 Å². The van der Waals surface area contributed by atoms with E-state index in [1.807, 2.05) is 24.3 Å². The predicted molar refractivity (Wildman–Crippen MR) is 132 cm³/mol. The maximum atomic E-state index is 13.2. The van der Waals surface area contributed by atoms with Crippen molar-refractivity contribution >= 4 is 43.7 Å². The predicted octanol–water partition coefficient (Wildman–Crippen LogP) is 3.79. The zero-order chi connectivity index (χ0) is 23.4. The van der Waals surface area contributed by atoms with Crippen molar-refractivity contribution < 1.29 is 17.9 Å². The number of sulfonamides is 1. The van der Waals surface area contributed by atoms with E-state index in [0.29, 0.717) is 19.1 Å². The molecule has 1 aliphatic rings. The van der Waals surface area contributed by atoms with Crippen LogP contribution in [0.4, 0.5) is 5.69 Å². The second kappa shape index (κ2) is 10.2. The number of anilines is 1. The van der Waals surface area contributed by atoms with Gasteiger partial charge in [-0.1, -0.05) is 44.2 Å². The van der Waals surface area contributed by atoms with Crippen LogP contribution in [0.25, 0.3) is 10.8 Å². The molecule has 2 N–H and O–H groups in total. The number of thiophene rings is 1. The number of fused-ring (bicyclic) bond motifs is 1. The minimum absolute atomic E-state index is 0.104. The summed E-state index contributed by atoms with van der Waals surface area (Å²) in [7, 11) is -3.79. The number of nitrogens with zero attached hydrogens (tertiary/aromatic N) is 1. The monoisotopic (exact) mass is 487 g/mol. The fraction of sp³-hybridized carbons (Fsp3) is 0.375. The Morgan fingerprint density at radius 2 is 1.94 bits per heavy atom. The van der Waals surface area contributed by atoms with Crippen molar-refractivity contribution in [2.45, 2.75) is 24.2 Å². The van der Waals surface area contributed by atoms with Crippen LogP contribution in [-0.2, 0) is 14.8 Å². The van der Waals surface area contributed by atoms with Gasteiger partial charge in [0.1, 0.15) is 4.21 Å². The third-order valence-corrected chi connectivity index (χ3v) is 8.23. The molecule has 0 radical (unpaired) electrons. The van der Waals surface area contributed by atoms with E-state index in [9.17, 15) is 13.2 Å². The average molecular weight is 488 g/mol. The van der Waals surface area contributed by atoms with Crippen LogP contribution in [0, 0.1) is 5.92 Å². The zero-order valence-electron chi connectivity index (χ0n) is 18.8. The molecule has 3 aromatic rings. The summed E-state index contributed by atoms with van der Waals surface area (Å²) in [6, 6.07) is 14.2. The molecule has 1 atom stereocenters. The van der Waals surface area contributed by atoms with Crippen molar-refractivity contribution in [2.24, 2.45) is 5.92 Å². The summed E-state index contributed by atoms with van der Waals surface area (Å²) < 4.78 is 34.3. The van der Waals surface area contributed by atoms with E-state index in [2.05, 4.69) is 28.8 Å². The molecule has 7 nitrogen and oxygen atoms in total. The van der Waals surface area contributed by atoms with Gasteiger partial charge in [-0.25, -0.2) is 8.42 Å². The highest BCUT2D eigenvalue weighted by Crippen LogP contribution is 2.28. The van der Waals surface area contributed by atoms with Gasteiger partial charge in [-0.15, -0.1) is 11.3 Å². The molecule has 0 spiro atoms. The summed E-state index contributed by atoms with van der Waals surface area (Å²) in [6.07, 6.45) is -0.104. The van der Waals surface area contributed by atoms with Crippen LogP contribution in [0.5, 0.6) is 0 Å². The van der Waals surface area contributed by atoms with Crippen molar-refractivity contribution in [1.82, 2.24) is 10.2 Å². The molecular formula is C24H29N3O4S2. The largest absolute Gasteiger partial charge is 0.374 e. The van der Waals surface area contributed by atoms with E-state index >= 15 is 0 Å². The molecule has 1 aromatic heterocycles. The highest BCUT2D eigenvalue weighted by molar-refractivity contribution is 7.94. The van der Waals surface area contributed by atoms with Crippen molar-refractivity contribution in [3.63, 3.8) is 0 Å². The normalized spacial score (nSPS) is 17.4. The van der Waals surface area contributed by atoms with Crippen molar-refractivity contribution in [3.8, 4) is 0 Å². The Morgan fingerprint density at radius 1 is 1.18 bits per heavy atom. The summed E-state index contributed by atoms with van der Waals surface area (Å²) in [5.74, 6) is 0.226. The number of hydrogen-bond acceptors (Lipinski definition) is 6. The number of ether oxygens (including phenoxy) is 1. The van der Waals surface area contributed by atoms with E-state index in [4.69, 9.17) is 4.74 Å². The molecule has 1 fully saturated rings. The fourth-order valence-electron chi connectivity index (χ4n) is 4.01. The fourth-order valence-corrected chi connectivity index (χ4v) is 6.08. The molecule has 4 rings (SSSR count). The molecule has 33 heavy (non-hydrogen) atoms. The van der Waals surface area contributed by atoms with Gasteiger partial charge in [0.25, 0.3) is 15.9 Å². The standard InChI is InChI=1S/C24H29N3O4S2/c1-17(2)15-27-9-10-31-20(16-27)14-25-24(28)21-12-18-6-3-4-7-19(18)13-22(21)26-33(29,30)23-8-5-11-32-23/h3-8,11-13,17,20,26H,9-10,14-16H2,1-2H3,(H,25,28). The SMILES string of the molecule is CC(C)CN1CCOC(CNC(=O)c2cc3ccccc3cc2NS(=O)(=O)c2cccs2)C1. The molecular weight excluding hydrogens is 458 g/mol. The van der Waals surface area contributed by atoms with Gasteiger partial charge in [0.2, 0.25) is 0 Å². The maximum absolute atomic E-state index is 13.2. The van der Waals surface area contributed by atoms with Crippen LogP contribution in [0.15, 0.2) is 58.1 Å². The number of hydrogen-bond donors (Lipinski definition) is 2. The molecule has 176 valence electrons. The molecule has 2 aromatic carbocycles. The van der Waals surface area contributed by atoms with Crippen LogP contribution in [0.2, 0.25) is 0 Å². The van der Waals surface area contributed by atoms with Crippen LogP contribution >= 0.6 is 11.3 Å². The van der Waals surface area contributed by atoms with Gasteiger partial charge < -0.3 is 10.1 Å². The lowest BCUT2D eigenvalue weighted by atomic mass is 10.0. The summed E-state index contributed by atoms with van der Waals surface area (Å²) in [4.78, 5) is 15.5. The average Bonchev–Trinajstić information content (AvgIpc) is 3.33. The first-order chi connectivity index (χ1) is 15.8. The Kier molecular flexibility index (Phi) is 7.33. The Morgan fingerprint density at radius 3 is 2.64 bits per heavy atom. The second-order valence-electron chi connectivity index (χ2n) is 8.64. The number of benzene rings is 2. The molecule has 1 saturated heterocycles. The first-order valence-corrected chi connectivity index (χ1v) is 13.4. The number of carbonyl (C=O) groups is 1. The third-order valence-electron chi connectivity index (χ3n) is 5.47. The molecule has 0 aliphatic carbocycles. The Labute approximate surface area is 198 Å². The smallest absolute Gasteiger partial charge is 0.271 e. The Bertz CT molecular complexity index is 1210. The highest BCUT2D eigenvalue weighted by atomic mass is 32.2. The minimum atomic E-state index is -3.79. The van der Waals surface area contributed by atoms with Crippen molar-refractivity contribution in [3.05, 3.63) is 59.5 Å². The summed E-state index contributed by atoms with van der Waals surface area (Å²) >= 11 is 1.13. The van der Waals surface area contributed by atoms with Crippen molar-refractivity contribution in [1.29, 1.82) is 0 Å². The summed E-state index contributed by atoms with van der Waals surface area (Å²) in [5.41, 5.74) is 0.536. The number of rotatable bonds is 8. The van der Waals surface area contributed by atoms with E-state index < -0.39 is 10.0 Å². The summed E-state index contributed by atoms with van der Waals surface area (Å²) in [6.45, 7) is 8.01. The first kappa shape index (κ1) is 23.7. The van der Waals surface area contributed by atoms with Crippen LogP contribution in [-0.4, -0.2) is 58.1 Å². The van der Waals surface area contributed by atoms with E-state index in [0.717, 1.165) is 41.7 Å². The third kappa shape index (κ3) is 5.92. The van der Waals surface area contributed by atoms with Crippen LogP contribution < -0.4 is 10.0 Å². The first-order valence-electron chi connectivity index (χ1n) is 11.0. The molecule has 0 bridgehead atoms. The maximum Gasteiger partial charge on any atom is 0.271 e. The van der Waals surface area contributed by atoms with Crippen LogP contribution in [0.1, 0.15) is 24.2 Å². The number of carbonyl (C=O) groups excluding carboxylic acids is 1. The molecule has 1 aliphatic heterocycles. The molecule has 1 amide bonds. The molecule has 1 unspecified atom stereocenters. The number of amides is 1. The van der Waals surface area contributed by atoms with E-state index in [1.165, 1.54) is 6.07 Å². The quantitative estimate of drug-likeness (QED) is 0.505. The molecule has 9 heteroatoms. The lowest BCUT2D eigenvalue weighted by molar-refractivity contribution is -0.0295. The van der Waals surface area contributed by atoms with E-state index in [-0.39, 0.29) is 27.5 Å². The van der Waals surface area contributed by atoms with Crippen molar-refractivity contribution in [2.75, 3.05) is 37.5 Å². The van der Waals surface area contributed by atoms with Gasteiger partial charge in [0.15, 0.2) is 0 Å². The van der Waals surface area contributed by atoms with Gasteiger partial charge in [-0.05, 0) is 40.3 Å². The van der Waals surface area contributed by atoms with Gasteiger partial charge in [-0.2, -0.15) is 0 Å². The lowest BCUT2D eigenvalue weighted by Gasteiger charge is -2.34. The Balaban J connectivity index is 1.54. The molecule has 0 saturated carbocycles. The Hall–Kier alpha value is -2.46. The zero-order valence-corrected chi connectivity index (χ0v) is 20.4. The van der Waals surface area contributed by atoms with Gasteiger partial charge in [0, 0.05) is 26.2 Å². The lowest BCUT2D eigenvalue weighted by Crippen LogP contribution is -2.48. The van der Waals surface area contributed by atoms with E-state index in [1.54, 1.807) is 23.6 Å². The van der Waals surface area contributed by atoms with Gasteiger partial charge >= 0.3 is 0 Å². The molecule has 2 heterocycles. The van der Waals surface area contributed by atoms with Gasteiger partial charge in [-0.3, -0.25) is 14.4 Å². The number of nitrogens with one attached hydrogen (secondary N) is 2. The summed E-state index contributed by atoms with van der Waals surface area (Å²) in [5, 5.41) is 6.35. The topological polar surface area (TPSA) is 87.7 Å². The number of morpholine rings is 1. The van der Waals surface area contributed by atoms with Gasteiger partial charge in [0.05, 0.1) is 24.0 Å². The minimum Gasteiger partial charge on any atom is -0.374 e. The highest BCUT2D eigenvalue weighted by Gasteiger charge is 2.24.